The summed E-state index contributed by atoms with van der Waals surface area (Å²) in [5.41, 5.74) is 0. The molecule has 0 amide bonds. The minimum absolute atomic E-state index is 0.135. The highest BCUT2D eigenvalue weighted by Gasteiger charge is 2.03. The number of rotatable bonds is 7. The van der Waals surface area contributed by atoms with Crippen LogP contribution in [-0.2, 0) is 9.53 Å². The van der Waals surface area contributed by atoms with Crippen molar-refractivity contribution in [2.75, 3.05) is 47.9 Å². The van der Waals surface area contributed by atoms with E-state index in [0.29, 0.717) is 6.42 Å². The fourth-order valence-corrected chi connectivity index (χ4v) is 1.15. The molecule has 0 aromatic carbocycles. The normalized spacial score (nSPS) is 11.0. The average molecular weight is 202 g/mol. The first-order valence-electron chi connectivity index (χ1n) is 4.96. The van der Waals surface area contributed by atoms with Crippen LogP contribution in [0.15, 0.2) is 0 Å². The summed E-state index contributed by atoms with van der Waals surface area (Å²) in [6.45, 7) is 2.89. The van der Waals surface area contributed by atoms with Crippen LogP contribution in [-0.4, -0.2) is 63.7 Å². The van der Waals surface area contributed by atoms with E-state index in [1.807, 2.05) is 7.05 Å². The van der Waals surface area contributed by atoms with Gasteiger partial charge in [0, 0.05) is 6.54 Å². The molecule has 0 aliphatic carbocycles. The number of carbonyl (C=O) groups is 1. The summed E-state index contributed by atoms with van der Waals surface area (Å²) in [5, 5.41) is 0. The maximum Gasteiger partial charge on any atom is 0.306 e. The van der Waals surface area contributed by atoms with Gasteiger partial charge < -0.3 is 14.5 Å². The van der Waals surface area contributed by atoms with E-state index in [4.69, 9.17) is 0 Å². The molecule has 0 heterocycles. The molecule has 4 nitrogen and oxygen atoms in total. The lowest BCUT2D eigenvalue weighted by molar-refractivity contribution is -0.140. The summed E-state index contributed by atoms with van der Waals surface area (Å²) in [7, 11) is 7.58. The van der Waals surface area contributed by atoms with Crippen LogP contribution in [0.25, 0.3) is 0 Å². The Bertz CT molecular complexity index is 160. The summed E-state index contributed by atoms with van der Waals surface area (Å²) >= 11 is 0. The fraction of sp³-hybridized carbons (Fsp3) is 0.900. The Morgan fingerprint density at radius 2 is 1.79 bits per heavy atom. The van der Waals surface area contributed by atoms with E-state index in [1.165, 1.54) is 7.11 Å². The van der Waals surface area contributed by atoms with E-state index in [9.17, 15) is 4.79 Å². The first kappa shape index (κ1) is 13.4. The van der Waals surface area contributed by atoms with Gasteiger partial charge in [0.05, 0.1) is 13.5 Å². The van der Waals surface area contributed by atoms with Crippen molar-refractivity contribution < 1.29 is 9.53 Å². The minimum atomic E-state index is -0.135. The predicted octanol–water partition coefficient (Wildman–Crippen LogP) is 0.433. The van der Waals surface area contributed by atoms with Crippen molar-refractivity contribution in [1.29, 1.82) is 0 Å². The Labute approximate surface area is 86.8 Å². The zero-order chi connectivity index (χ0) is 11.0. The maximum atomic E-state index is 10.8. The Morgan fingerprint density at radius 3 is 2.29 bits per heavy atom. The predicted molar refractivity (Wildman–Crippen MR) is 57.3 cm³/mol. The molecule has 4 heteroatoms. The van der Waals surface area contributed by atoms with Crippen LogP contribution in [0.3, 0.4) is 0 Å². The zero-order valence-electron chi connectivity index (χ0n) is 9.75. The lowest BCUT2D eigenvalue weighted by Gasteiger charge is -2.17. The van der Waals surface area contributed by atoms with Crippen LogP contribution < -0.4 is 0 Å². The summed E-state index contributed by atoms with van der Waals surface area (Å²) < 4.78 is 4.57. The molecule has 84 valence electrons. The van der Waals surface area contributed by atoms with Crippen molar-refractivity contribution in [2.24, 2.45) is 0 Å². The molecule has 0 spiro atoms. The molecule has 0 rings (SSSR count). The monoisotopic (exact) mass is 202 g/mol. The van der Waals surface area contributed by atoms with E-state index in [1.54, 1.807) is 0 Å². The van der Waals surface area contributed by atoms with Gasteiger partial charge in [-0.3, -0.25) is 4.79 Å². The highest BCUT2D eigenvalue weighted by molar-refractivity contribution is 5.69. The number of nitrogens with zero attached hydrogens (tertiary/aromatic N) is 2. The van der Waals surface area contributed by atoms with Crippen LogP contribution in [0.2, 0.25) is 0 Å². The molecule has 0 aliphatic rings. The molecule has 0 atom stereocenters. The summed E-state index contributed by atoms with van der Waals surface area (Å²) in [4.78, 5) is 15.2. The third-order valence-electron chi connectivity index (χ3n) is 2.07. The molecule has 0 N–H and O–H groups in total. The lowest BCUT2D eigenvalue weighted by Crippen LogP contribution is -2.26. The topological polar surface area (TPSA) is 32.8 Å². The summed E-state index contributed by atoms with van der Waals surface area (Å²) in [6, 6.07) is 0. The largest absolute Gasteiger partial charge is 0.469 e. The Kier molecular flexibility index (Phi) is 7.42. The van der Waals surface area contributed by atoms with Crippen LogP contribution in [0.5, 0.6) is 0 Å². The van der Waals surface area contributed by atoms with Gasteiger partial charge in [0.25, 0.3) is 0 Å². The molecular formula is C10H22N2O2. The number of ether oxygens (including phenoxy) is 1. The van der Waals surface area contributed by atoms with Crippen molar-refractivity contribution in [3.8, 4) is 0 Å². The van der Waals surface area contributed by atoms with Crippen LogP contribution in [0, 0.1) is 0 Å². The zero-order valence-corrected chi connectivity index (χ0v) is 9.75. The second-order valence-corrected chi connectivity index (χ2v) is 3.79. The standard InChI is InChI=1S/C10H22N2O2/c1-11(2)7-5-8-12(3)9-6-10(13)14-4/h5-9H2,1-4H3. The quantitative estimate of drug-likeness (QED) is 0.561. The second-order valence-electron chi connectivity index (χ2n) is 3.79. The number of esters is 1. The first-order chi connectivity index (χ1) is 6.56. The number of methoxy groups -OCH3 is 1. The highest BCUT2D eigenvalue weighted by Crippen LogP contribution is 1.93. The van der Waals surface area contributed by atoms with Gasteiger partial charge in [-0.05, 0) is 40.7 Å². The van der Waals surface area contributed by atoms with Crippen LogP contribution in [0.4, 0.5) is 0 Å². The van der Waals surface area contributed by atoms with E-state index in [-0.39, 0.29) is 5.97 Å². The van der Waals surface area contributed by atoms with Crippen molar-refractivity contribution >= 4 is 5.97 Å². The SMILES string of the molecule is COC(=O)CCN(C)CCCN(C)C. The lowest BCUT2D eigenvalue weighted by atomic mass is 10.3. The molecule has 0 saturated heterocycles. The third kappa shape index (κ3) is 8.01. The van der Waals surface area contributed by atoms with E-state index in [0.717, 1.165) is 26.1 Å². The minimum Gasteiger partial charge on any atom is -0.469 e. The number of hydrogen-bond acceptors (Lipinski definition) is 4. The van der Waals surface area contributed by atoms with Gasteiger partial charge in [-0.2, -0.15) is 0 Å². The van der Waals surface area contributed by atoms with E-state index >= 15 is 0 Å². The Balaban J connectivity index is 3.36. The van der Waals surface area contributed by atoms with Gasteiger partial charge in [-0.25, -0.2) is 0 Å². The molecule has 14 heavy (non-hydrogen) atoms. The van der Waals surface area contributed by atoms with Gasteiger partial charge >= 0.3 is 5.97 Å². The number of carbonyl (C=O) groups excluding carboxylic acids is 1. The van der Waals surface area contributed by atoms with Crippen molar-refractivity contribution in [3.05, 3.63) is 0 Å². The first-order valence-corrected chi connectivity index (χ1v) is 4.96. The van der Waals surface area contributed by atoms with Crippen molar-refractivity contribution in [2.45, 2.75) is 12.8 Å². The van der Waals surface area contributed by atoms with Gasteiger partial charge in [-0.1, -0.05) is 0 Å². The molecular weight excluding hydrogens is 180 g/mol. The molecule has 0 saturated carbocycles. The van der Waals surface area contributed by atoms with Crippen molar-refractivity contribution in [3.63, 3.8) is 0 Å². The van der Waals surface area contributed by atoms with Crippen molar-refractivity contribution in [1.82, 2.24) is 9.80 Å². The molecule has 0 fully saturated rings. The fourth-order valence-electron chi connectivity index (χ4n) is 1.15. The molecule has 0 aromatic heterocycles. The van der Waals surface area contributed by atoms with Gasteiger partial charge in [0.15, 0.2) is 0 Å². The van der Waals surface area contributed by atoms with Crippen LogP contribution in [0.1, 0.15) is 12.8 Å². The number of hydrogen-bond donors (Lipinski definition) is 0. The molecule has 0 unspecified atom stereocenters. The van der Waals surface area contributed by atoms with E-state index < -0.39 is 0 Å². The molecule has 0 aromatic rings. The average Bonchev–Trinajstić information content (AvgIpc) is 2.13. The highest BCUT2D eigenvalue weighted by atomic mass is 16.5. The Morgan fingerprint density at radius 1 is 1.14 bits per heavy atom. The Hall–Kier alpha value is -0.610. The second kappa shape index (κ2) is 7.76. The summed E-state index contributed by atoms with van der Waals surface area (Å²) in [5.74, 6) is -0.135. The van der Waals surface area contributed by atoms with Gasteiger partial charge in [0.2, 0.25) is 0 Å². The van der Waals surface area contributed by atoms with E-state index in [2.05, 4.69) is 28.6 Å². The van der Waals surface area contributed by atoms with Gasteiger partial charge in [-0.15, -0.1) is 0 Å². The third-order valence-corrected chi connectivity index (χ3v) is 2.07. The van der Waals surface area contributed by atoms with Gasteiger partial charge in [0.1, 0.15) is 0 Å². The molecule has 0 aliphatic heterocycles. The summed E-state index contributed by atoms with van der Waals surface area (Å²) in [6.07, 6.45) is 1.61. The molecule has 0 bridgehead atoms. The van der Waals surface area contributed by atoms with Crippen LogP contribution >= 0.6 is 0 Å². The smallest absolute Gasteiger partial charge is 0.306 e. The maximum absolute atomic E-state index is 10.8. The molecule has 0 radical (unpaired) electrons.